The van der Waals surface area contributed by atoms with Gasteiger partial charge in [-0.2, -0.15) is 0 Å². The predicted octanol–water partition coefficient (Wildman–Crippen LogP) is 3.05. The van der Waals surface area contributed by atoms with Crippen LogP contribution in [0, 0.1) is 6.92 Å². The zero-order chi connectivity index (χ0) is 21.6. The Morgan fingerprint density at radius 1 is 0.969 bits per heavy atom. The molecule has 1 heterocycles. The van der Waals surface area contributed by atoms with Crippen LogP contribution < -0.4 is 22.5 Å². The Morgan fingerprint density at radius 2 is 1.72 bits per heavy atom. The number of pyridine rings is 1. The van der Waals surface area contributed by atoms with Crippen LogP contribution in [0.25, 0.3) is 10.9 Å². The van der Waals surface area contributed by atoms with Crippen molar-refractivity contribution in [1.29, 1.82) is 0 Å². The van der Waals surface area contributed by atoms with Crippen LogP contribution in [0.2, 0.25) is 0 Å². The third kappa shape index (κ3) is 5.56. The Balaban J connectivity index is 0.00000289. The summed E-state index contributed by atoms with van der Waals surface area (Å²) in [5.74, 6) is 0.464. The summed E-state index contributed by atoms with van der Waals surface area (Å²) in [5, 5.41) is 4.30. The molecule has 0 saturated heterocycles. The summed E-state index contributed by atoms with van der Waals surface area (Å²) in [4.78, 5) is 16.7. The first-order valence-electron chi connectivity index (χ1n) is 10.2. The van der Waals surface area contributed by atoms with E-state index in [9.17, 15) is 4.79 Å². The van der Waals surface area contributed by atoms with E-state index >= 15 is 0 Å². The normalized spacial score (nSPS) is 10.3. The molecule has 0 atom stereocenters. The lowest BCUT2D eigenvalue weighted by Gasteiger charge is -2.13. The van der Waals surface area contributed by atoms with Crippen LogP contribution in [0.5, 0.6) is 5.75 Å². The molecule has 4 rings (SSSR count). The Hall–Kier alpha value is -3.57. The molecule has 0 spiro atoms. The third-order valence-corrected chi connectivity index (χ3v) is 4.83. The van der Waals surface area contributed by atoms with Gasteiger partial charge in [-0.25, -0.2) is 4.79 Å². The number of anilines is 2. The summed E-state index contributed by atoms with van der Waals surface area (Å²) >= 11 is 0. The van der Waals surface area contributed by atoms with Gasteiger partial charge in [0, 0.05) is 22.5 Å². The van der Waals surface area contributed by atoms with Crippen molar-refractivity contribution in [2.45, 2.75) is 20.5 Å². The van der Waals surface area contributed by atoms with Crippen molar-refractivity contribution >= 4 is 28.2 Å². The molecule has 0 aliphatic carbocycles. The van der Waals surface area contributed by atoms with Gasteiger partial charge < -0.3 is 27.2 Å². The van der Waals surface area contributed by atoms with Crippen LogP contribution in [0.15, 0.2) is 78.9 Å². The fourth-order valence-electron chi connectivity index (χ4n) is 3.33. The highest BCUT2D eigenvalue weighted by molar-refractivity contribution is 5.99. The highest BCUT2D eigenvalue weighted by Gasteiger charge is 2.11. The monoisotopic (exact) mass is 447 g/mol. The smallest absolute Gasteiger partial charge is 0.338 e. The lowest BCUT2D eigenvalue weighted by atomic mass is 10.1. The topological polar surface area (TPSA) is 60.5 Å². The first-order chi connectivity index (χ1) is 15.1. The van der Waals surface area contributed by atoms with Crippen LogP contribution in [0.3, 0.4) is 0 Å². The number of carbonyl (C=O) groups is 1. The molecule has 0 amide bonds. The van der Waals surface area contributed by atoms with Crippen molar-refractivity contribution in [2.24, 2.45) is 0 Å². The summed E-state index contributed by atoms with van der Waals surface area (Å²) in [6.07, 6.45) is 0. The molecule has 3 aromatic carbocycles. The van der Waals surface area contributed by atoms with Gasteiger partial charge in [-0.1, -0.05) is 30.3 Å². The molecule has 164 valence electrons. The van der Waals surface area contributed by atoms with Crippen molar-refractivity contribution in [2.75, 3.05) is 11.9 Å². The van der Waals surface area contributed by atoms with Gasteiger partial charge >= 0.3 is 5.97 Å². The third-order valence-electron chi connectivity index (χ3n) is 4.83. The lowest BCUT2D eigenvalue weighted by Crippen LogP contribution is -3.00. The number of carbonyl (C=O) groups excluding carboxylic acids is 1. The number of fused-ring (bicyclic) bond motifs is 1. The minimum Gasteiger partial charge on any atom is -1.00 e. The molecule has 0 radical (unpaired) electrons. The number of benzene rings is 3. The number of nitrogens with zero attached hydrogens (tertiary/aromatic N) is 1. The van der Waals surface area contributed by atoms with Crippen LogP contribution in [0.4, 0.5) is 11.4 Å². The van der Waals surface area contributed by atoms with Crippen molar-refractivity contribution in [1.82, 2.24) is 4.98 Å². The maximum atomic E-state index is 12.1. The number of esters is 1. The van der Waals surface area contributed by atoms with Crippen molar-refractivity contribution in [3.8, 4) is 5.75 Å². The van der Waals surface area contributed by atoms with E-state index in [4.69, 9.17) is 9.47 Å². The average Bonchev–Trinajstić information content (AvgIpc) is 2.79. The van der Waals surface area contributed by atoms with E-state index in [1.165, 1.54) is 0 Å². The van der Waals surface area contributed by atoms with E-state index in [1.807, 2.05) is 79.7 Å². The van der Waals surface area contributed by atoms with Crippen LogP contribution >= 0.6 is 0 Å². The van der Waals surface area contributed by atoms with Crippen LogP contribution in [-0.4, -0.2) is 17.6 Å². The number of aryl methyl sites for hydroxylation is 1. The molecule has 0 saturated carbocycles. The average molecular weight is 448 g/mol. The van der Waals surface area contributed by atoms with Gasteiger partial charge in [-0.3, -0.25) is 4.98 Å². The largest absolute Gasteiger partial charge is 1.00 e. The predicted molar refractivity (Wildman–Crippen MR) is 123 cm³/mol. The van der Waals surface area contributed by atoms with E-state index in [2.05, 4.69) is 10.3 Å². The molecular weight excluding hydrogens is 424 g/mol. The van der Waals surface area contributed by atoms with E-state index in [0.717, 1.165) is 39.3 Å². The number of ether oxygens (including phenoxy) is 2. The first kappa shape index (κ1) is 23.1. The second kappa shape index (κ2) is 10.6. The Morgan fingerprint density at radius 3 is 2.44 bits per heavy atom. The molecule has 0 bridgehead atoms. The first-order valence-corrected chi connectivity index (χ1v) is 10.2. The van der Waals surface area contributed by atoms with E-state index in [-0.39, 0.29) is 18.4 Å². The summed E-state index contributed by atoms with van der Waals surface area (Å²) in [6, 6.07) is 25.3. The number of halogens is 1. The van der Waals surface area contributed by atoms with Gasteiger partial charge in [-0.05, 0) is 67.9 Å². The minimum absolute atomic E-state index is 0. The maximum absolute atomic E-state index is 12.1. The molecule has 1 aromatic heterocycles. The molecule has 0 aliphatic rings. The van der Waals surface area contributed by atoms with Gasteiger partial charge in [-0.15, -0.1) is 0 Å². The zero-order valence-corrected chi connectivity index (χ0v) is 18.7. The number of nitrogens with one attached hydrogen (secondary N) is 1. The number of hydrogen-bond donors (Lipinski definition) is 1. The van der Waals surface area contributed by atoms with Gasteiger partial charge in [0.1, 0.15) is 12.4 Å². The van der Waals surface area contributed by atoms with E-state index in [0.29, 0.717) is 18.8 Å². The Labute approximate surface area is 193 Å². The Kier molecular flexibility index (Phi) is 7.68. The standard InChI is InChI=1S/C26H24N2O3.ClH/c1-3-30-26(29)20-9-14-24-23(16-20)25(15-18(2)27-24)28-21-10-12-22(13-11-21)31-17-19-7-5-4-6-8-19;/h4-16H,3,17H2,1-2H3,(H,27,28);1H/p-1. The quantitative estimate of drug-likeness (QED) is 0.441. The van der Waals surface area contributed by atoms with E-state index in [1.54, 1.807) is 13.0 Å². The molecule has 0 aliphatic heterocycles. The summed E-state index contributed by atoms with van der Waals surface area (Å²) < 4.78 is 11.0. The van der Waals surface area contributed by atoms with Crippen LogP contribution in [0.1, 0.15) is 28.5 Å². The number of aromatic nitrogens is 1. The molecule has 0 unspecified atom stereocenters. The molecule has 4 aromatic rings. The Bertz CT molecular complexity index is 1200. The fourth-order valence-corrected chi connectivity index (χ4v) is 3.33. The summed E-state index contributed by atoms with van der Waals surface area (Å²) in [7, 11) is 0. The maximum Gasteiger partial charge on any atom is 0.338 e. The molecule has 1 N–H and O–H groups in total. The van der Waals surface area contributed by atoms with Crippen molar-refractivity contribution in [3.05, 3.63) is 95.7 Å². The van der Waals surface area contributed by atoms with Crippen LogP contribution in [-0.2, 0) is 11.3 Å². The fraction of sp³-hybridized carbons (Fsp3) is 0.154. The number of hydrogen-bond acceptors (Lipinski definition) is 5. The lowest BCUT2D eigenvalue weighted by molar-refractivity contribution is -0.0000246. The SMILES string of the molecule is CCOC(=O)c1ccc2nc(C)cc(Nc3ccc(OCc4ccccc4)cc3)c2c1.[Cl-]. The molecule has 6 heteroatoms. The zero-order valence-electron chi connectivity index (χ0n) is 18.0. The highest BCUT2D eigenvalue weighted by atomic mass is 35.5. The molecule has 0 fully saturated rings. The molecule has 5 nitrogen and oxygen atoms in total. The second-order valence-electron chi connectivity index (χ2n) is 7.19. The van der Waals surface area contributed by atoms with Gasteiger partial charge in [0.05, 0.1) is 17.7 Å². The highest BCUT2D eigenvalue weighted by Crippen LogP contribution is 2.28. The van der Waals surface area contributed by atoms with E-state index < -0.39 is 0 Å². The van der Waals surface area contributed by atoms with Gasteiger partial charge in [0.2, 0.25) is 0 Å². The summed E-state index contributed by atoms with van der Waals surface area (Å²) in [6.45, 7) is 4.61. The van der Waals surface area contributed by atoms with Crippen molar-refractivity contribution < 1.29 is 26.7 Å². The van der Waals surface area contributed by atoms with Gasteiger partial charge in [0.15, 0.2) is 0 Å². The molecular formula is C26H24ClN2O3-. The minimum atomic E-state index is -0.337. The van der Waals surface area contributed by atoms with Gasteiger partial charge in [0.25, 0.3) is 0 Å². The molecule has 32 heavy (non-hydrogen) atoms. The summed E-state index contributed by atoms with van der Waals surface area (Å²) in [5.41, 5.74) is 5.14. The second-order valence-corrected chi connectivity index (χ2v) is 7.19. The number of rotatable bonds is 7. The van der Waals surface area contributed by atoms with Crippen molar-refractivity contribution in [3.63, 3.8) is 0 Å².